The van der Waals surface area contributed by atoms with Crippen molar-refractivity contribution in [3.63, 3.8) is 0 Å². The highest BCUT2D eigenvalue weighted by Gasteiger charge is 2.17. The Morgan fingerprint density at radius 1 is 1.60 bits per heavy atom. The van der Waals surface area contributed by atoms with E-state index in [1.807, 2.05) is 19.0 Å². The largest absolute Gasteiger partial charge is 0.476 e. The predicted molar refractivity (Wildman–Crippen MR) is 55.0 cm³/mol. The molecule has 1 rings (SSSR count). The summed E-state index contributed by atoms with van der Waals surface area (Å²) in [6, 6.07) is 0. The number of likely N-dealkylation sites (N-methyl/N-ethyl adjacent to an activating group) is 1. The molecule has 7 heteroatoms. The summed E-state index contributed by atoms with van der Waals surface area (Å²) in [5.74, 6) is -1.31. The van der Waals surface area contributed by atoms with Gasteiger partial charge in [0.25, 0.3) is 0 Å². The van der Waals surface area contributed by atoms with Gasteiger partial charge in [0.2, 0.25) is 0 Å². The number of aromatic nitrogens is 2. The molecule has 0 fully saturated rings. The van der Waals surface area contributed by atoms with Gasteiger partial charge in [-0.25, -0.2) is 9.59 Å². The third-order valence-corrected chi connectivity index (χ3v) is 1.99. The molecule has 0 saturated carbocycles. The summed E-state index contributed by atoms with van der Waals surface area (Å²) >= 11 is 0. The highest BCUT2D eigenvalue weighted by molar-refractivity contribution is 5.90. The summed E-state index contributed by atoms with van der Waals surface area (Å²) < 4.78 is 1.12. The molecule has 4 N–H and O–H groups in total. The van der Waals surface area contributed by atoms with E-state index in [4.69, 9.17) is 10.8 Å². The summed E-state index contributed by atoms with van der Waals surface area (Å²) in [5, 5.41) is 8.85. The maximum atomic E-state index is 11.3. The number of anilines is 1. The van der Waals surface area contributed by atoms with Crippen LogP contribution in [-0.4, -0.2) is 46.2 Å². The van der Waals surface area contributed by atoms with Crippen molar-refractivity contribution in [3.8, 4) is 0 Å². The molecule has 0 aromatic carbocycles. The number of H-pyrrole nitrogens is 1. The molecule has 0 aliphatic heterocycles. The highest BCUT2D eigenvalue weighted by Crippen LogP contribution is 2.05. The van der Waals surface area contributed by atoms with Gasteiger partial charge in [-0.3, -0.25) is 9.55 Å². The molecule has 7 nitrogen and oxygen atoms in total. The number of nitrogens with zero attached hydrogens (tertiary/aromatic N) is 2. The van der Waals surface area contributed by atoms with Crippen molar-refractivity contribution < 1.29 is 9.90 Å². The van der Waals surface area contributed by atoms with E-state index in [1.54, 1.807) is 0 Å². The first-order valence-corrected chi connectivity index (χ1v) is 4.39. The number of aromatic carboxylic acids is 1. The molecular formula is C8H14N4O3. The minimum absolute atomic E-state index is 0.105. The molecule has 1 heterocycles. The van der Waals surface area contributed by atoms with Gasteiger partial charge in [0, 0.05) is 13.1 Å². The Labute approximate surface area is 86.1 Å². The molecule has 0 saturated heterocycles. The molecule has 0 amide bonds. The van der Waals surface area contributed by atoms with Gasteiger partial charge in [-0.15, -0.1) is 0 Å². The van der Waals surface area contributed by atoms with E-state index in [9.17, 15) is 9.59 Å². The minimum atomic E-state index is -1.20. The van der Waals surface area contributed by atoms with Crippen LogP contribution in [0.15, 0.2) is 4.79 Å². The van der Waals surface area contributed by atoms with Gasteiger partial charge in [-0.1, -0.05) is 0 Å². The van der Waals surface area contributed by atoms with Crippen molar-refractivity contribution in [1.29, 1.82) is 0 Å². The van der Waals surface area contributed by atoms with E-state index < -0.39 is 11.7 Å². The smallest absolute Gasteiger partial charge is 0.356 e. The molecule has 1 aromatic heterocycles. The first-order chi connectivity index (χ1) is 6.93. The van der Waals surface area contributed by atoms with Crippen molar-refractivity contribution in [2.45, 2.75) is 6.54 Å². The van der Waals surface area contributed by atoms with Crippen molar-refractivity contribution in [2.75, 3.05) is 26.4 Å². The summed E-state index contributed by atoms with van der Waals surface area (Å²) in [5.41, 5.74) is 4.71. The van der Waals surface area contributed by atoms with Gasteiger partial charge in [0.15, 0.2) is 5.69 Å². The Morgan fingerprint density at radius 2 is 2.20 bits per heavy atom. The maximum absolute atomic E-state index is 11.3. The van der Waals surface area contributed by atoms with Crippen LogP contribution in [0.2, 0.25) is 0 Å². The van der Waals surface area contributed by atoms with Gasteiger partial charge in [0.05, 0.1) is 0 Å². The second-order valence-electron chi connectivity index (χ2n) is 3.45. The number of nitrogens with two attached hydrogens (primary N) is 1. The van der Waals surface area contributed by atoms with Crippen molar-refractivity contribution in [2.24, 2.45) is 0 Å². The SMILES string of the molecule is CN(C)CCn1c(C(=O)O)c(N)[nH]c1=O. The molecule has 0 unspecified atom stereocenters. The van der Waals surface area contributed by atoms with Crippen LogP contribution in [0.25, 0.3) is 0 Å². The van der Waals surface area contributed by atoms with E-state index >= 15 is 0 Å². The zero-order chi connectivity index (χ0) is 11.6. The standard InChI is InChI=1S/C8H14N4O3/c1-11(2)3-4-12-5(7(13)14)6(9)10-8(12)15/h3-4,9H2,1-2H3,(H,10,15)(H,13,14). The molecular weight excluding hydrogens is 200 g/mol. The quantitative estimate of drug-likeness (QED) is 0.597. The van der Waals surface area contributed by atoms with Gasteiger partial charge in [-0.05, 0) is 14.1 Å². The Bertz CT molecular complexity index is 418. The number of carboxylic acids is 1. The monoisotopic (exact) mass is 214 g/mol. The van der Waals surface area contributed by atoms with Crippen LogP contribution in [0.5, 0.6) is 0 Å². The highest BCUT2D eigenvalue weighted by atomic mass is 16.4. The van der Waals surface area contributed by atoms with Gasteiger partial charge in [0.1, 0.15) is 5.82 Å². The molecule has 0 aliphatic rings. The fourth-order valence-corrected chi connectivity index (χ4v) is 1.23. The third-order valence-electron chi connectivity index (χ3n) is 1.99. The first-order valence-electron chi connectivity index (χ1n) is 4.39. The topological polar surface area (TPSA) is 104 Å². The second-order valence-corrected chi connectivity index (χ2v) is 3.45. The fraction of sp³-hybridized carbons (Fsp3) is 0.500. The summed E-state index contributed by atoms with van der Waals surface area (Å²) in [6.45, 7) is 0.860. The number of aromatic amines is 1. The number of carbonyl (C=O) groups is 1. The summed E-state index contributed by atoms with van der Waals surface area (Å²) in [7, 11) is 3.67. The van der Waals surface area contributed by atoms with Crippen LogP contribution in [0.1, 0.15) is 10.5 Å². The number of nitrogen functional groups attached to an aromatic ring is 1. The molecule has 84 valence electrons. The lowest BCUT2D eigenvalue weighted by molar-refractivity contribution is 0.0685. The second kappa shape index (κ2) is 4.18. The number of nitrogens with one attached hydrogen (secondary N) is 1. The van der Waals surface area contributed by atoms with E-state index in [0.29, 0.717) is 13.1 Å². The molecule has 0 bridgehead atoms. The van der Waals surface area contributed by atoms with Crippen LogP contribution in [0.3, 0.4) is 0 Å². The number of imidazole rings is 1. The van der Waals surface area contributed by atoms with Crippen LogP contribution in [0.4, 0.5) is 5.82 Å². The lowest BCUT2D eigenvalue weighted by Gasteiger charge is -2.10. The van der Waals surface area contributed by atoms with Crippen LogP contribution < -0.4 is 11.4 Å². The van der Waals surface area contributed by atoms with Crippen LogP contribution in [0, 0.1) is 0 Å². The third kappa shape index (κ3) is 2.38. The first kappa shape index (κ1) is 11.3. The van der Waals surface area contributed by atoms with Crippen LogP contribution >= 0.6 is 0 Å². The average molecular weight is 214 g/mol. The van der Waals surface area contributed by atoms with E-state index in [-0.39, 0.29) is 11.5 Å². The Morgan fingerprint density at radius 3 is 2.67 bits per heavy atom. The van der Waals surface area contributed by atoms with Crippen molar-refractivity contribution in [1.82, 2.24) is 14.5 Å². The lowest BCUT2D eigenvalue weighted by atomic mass is 10.4. The molecule has 0 radical (unpaired) electrons. The van der Waals surface area contributed by atoms with E-state index in [1.165, 1.54) is 0 Å². The van der Waals surface area contributed by atoms with Gasteiger partial charge in [-0.2, -0.15) is 0 Å². The van der Waals surface area contributed by atoms with Crippen molar-refractivity contribution in [3.05, 3.63) is 16.2 Å². The minimum Gasteiger partial charge on any atom is -0.476 e. The Balaban J connectivity index is 3.05. The number of rotatable bonds is 4. The summed E-state index contributed by atoms with van der Waals surface area (Å²) in [6.07, 6.45) is 0. The fourth-order valence-electron chi connectivity index (χ4n) is 1.23. The van der Waals surface area contributed by atoms with E-state index in [2.05, 4.69) is 4.98 Å². The number of hydrogen-bond donors (Lipinski definition) is 3. The normalized spacial score (nSPS) is 10.9. The van der Waals surface area contributed by atoms with Crippen molar-refractivity contribution >= 4 is 11.8 Å². The predicted octanol–water partition coefficient (Wildman–Crippen LogP) is -0.982. The van der Waals surface area contributed by atoms with Gasteiger partial charge < -0.3 is 15.7 Å². The molecule has 0 spiro atoms. The molecule has 0 atom stereocenters. The lowest BCUT2D eigenvalue weighted by Crippen LogP contribution is -2.27. The number of carboxylic acid groups (broad SMARTS) is 1. The van der Waals surface area contributed by atoms with E-state index in [0.717, 1.165) is 4.57 Å². The Kier molecular flexibility index (Phi) is 3.15. The zero-order valence-corrected chi connectivity index (χ0v) is 8.65. The maximum Gasteiger partial charge on any atom is 0.356 e. The summed E-state index contributed by atoms with van der Waals surface area (Å²) in [4.78, 5) is 26.3. The van der Waals surface area contributed by atoms with Crippen LogP contribution in [-0.2, 0) is 6.54 Å². The molecule has 0 aliphatic carbocycles. The van der Waals surface area contributed by atoms with Gasteiger partial charge >= 0.3 is 11.7 Å². The number of hydrogen-bond acceptors (Lipinski definition) is 4. The Hall–Kier alpha value is -1.76. The zero-order valence-electron chi connectivity index (χ0n) is 8.65. The average Bonchev–Trinajstić information content (AvgIpc) is 2.37. The molecule has 15 heavy (non-hydrogen) atoms. The molecule has 1 aromatic rings.